The third kappa shape index (κ3) is 2.65. The summed E-state index contributed by atoms with van der Waals surface area (Å²) in [5.74, 6) is 0.637. The Morgan fingerprint density at radius 2 is 2.30 bits per heavy atom. The number of aromatic nitrogens is 2. The van der Waals surface area contributed by atoms with Crippen LogP contribution in [0.15, 0.2) is 35.2 Å². The molecular formula is C14H12BrN3O2. The number of carbonyl (C=O) groups is 1. The zero-order valence-electron chi connectivity index (χ0n) is 10.6. The molecule has 2 heterocycles. The van der Waals surface area contributed by atoms with Gasteiger partial charge in [0.1, 0.15) is 11.4 Å². The van der Waals surface area contributed by atoms with Gasteiger partial charge >= 0.3 is 0 Å². The number of fused-ring (bicyclic) bond motifs is 1. The Kier molecular flexibility index (Phi) is 3.64. The van der Waals surface area contributed by atoms with E-state index in [4.69, 9.17) is 4.74 Å². The highest BCUT2D eigenvalue weighted by Gasteiger charge is 2.18. The van der Waals surface area contributed by atoms with Crippen LogP contribution in [0.5, 0.6) is 5.75 Å². The number of carbonyl (C=O) groups excluding carboxylic acids is 1. The Balaban J connectivity index is 1.75. The van der Waals surface area contributed by atoms with E-state index in [2.05, 4.69) is 37.3 Å². The van der Waals surface area contributed by atoms with Crippen molar-refractivity contribution >= 4 is 21.8 Å². The fraction of sp³-hybridized carbons (Fsp3) is 0.214. The lowest BCUT2D eigenvalue weighted by atomic mass is 10.1. The van der Waals surface area contributed by atoms with Crippen LogP contribution in [0.25, 0.3) is 0 Å². The maximum atomic E-state index is 11.9. The van der Waals surface area contributed by atoms with Gasteiger partial charge in [-0.3, -0.25) is 9.78 Å². The topological polar surface area (TPSA) is 64.1 Å². The molecule has 1 aliphatic rings. The van der Waals surface area contributed by atoms with Gasteiger partial charge in [0.25, 0.3) is 5.91 Å². The third-order valence-corrected chi connectivity index (χ3v) is 3.52. The van der Waals surface area contributed by atoms with Crippen LogP contribution in [0.1, 0.15) is 21.6 Å². The molecule has 1 N–H and O–H groups in total. The molecule has 1 aliphatic heterocycles. The van der Waals surface area contributed by atoms with Gasteiger partial charge in [0.05, 0.1) is 12.8 Å². The number of rotatable bonds is 3. The molecule has 0 saturated heterocycles. The molecule has 2 aromatic rings. The Morgan fingerprint density at radius 1 is 1.40 bits per heavy atom. The molecule has 0 fully saturated rings. The second-order valence-electron chi connectivity index (χ2n) is 4.42. The minimum absolute atomic E-state index is 0.246. The van der Waals surface area contributed by atoms with Crippen molar-refractivity contribution in [2.75, 3.05) is 6.61 Å². The van der Waals surface area contributed by atoms with Crippen molar-refractivity contribution < 1.29 is 9.53 Å². The first-order valence-electron chi connectivity index (χ1n) is 6.22. The van der Waals surface area contributed by atoms with E-state index in [0.29, 0.717) is 18.8 Å². The van der Waals surface area contributed by atoms with Crippen LogP contribution in [-0.2, 0) is 13.0 Å². The number of hydrogen-bond donors (Lipinski definition) is 1. The Bertz CT molecular complexity index is 646. The third-order valence-electron chi connectivity index (χ3n) is 3.06. The molecule has 0 spiro atoms. The average Bonchev–Trinajstić information content (AvgIpc) is 2.93. The quantitative estimate of drug-likeness (QED) is 0.934. The van der Waals surface area contributed by atoms with E-state index in [-0.39, 0.29) is 5.91 Å². The van der Waals surface area contributed by atoms with E-state index in [9.17, 15) is 4.79 Å². The second-order valence-corrected chi connectivity index (χ2v) is 5.34. The zero-order chi connectivity index (χ0) is 13.9. The number of ether oxygens (including phenoxy) is 1. The van der Waals surface area contributed by atoms with Crippen LogP contribution in [0.2, 0.25) is 0 Å². The molecule has 102 valence electrons. The van der Waals surface area contributed by atoms with Crippen molar-refractivity contribution in [2.24, 2.45) is 0 Å². The lowest BCUT2D eigenvalue weighted by molar-refractivity contribution is 0.0945. The lowest BCUT2D eigenvalue weighted by Crippen LogP contribution is -2.24. The van der Waals surface area contributed by atoms with E-state index < -0.39 is 0 Å². The number of nitrogens with one attached hydrogen (secondary N) is 1. The fourth-order valence-corrected chi connectivity index (χ4v) is 2.71. The standard InChI is InChI=1S/C14H12BrN3O2/c15-11-5-9-1-4-20-13(9)10(6-11)7-18-14(19)12-8-16-2-3-17-12/h2-3,5-6,8H,1,4,7H2,(H,18,19). The van der Waals surface area contributed by atoms with E-state index >= 15 is 0 Å². The molecule has 3 rings (SSSR count). The van der Waals surface area contributed by atoms with Crippen molar-refractivity contribution in [1.29, 1.82) is 0 Å². The summed E-state index contributed by atoms with van der Waals surface area (Å²) < 4.78 is 6.61. The highest BCUT2D eigenvalue weighted by atomic mass is 79.9. The largest absolute Gasteiger partial charge is 0.493 e. The SMILES string of the molecule is O=C(NCc1cc(Br)cc2c1OCC2)c1cnccn1. The molecule has 1 aromatic heterocycles. The smallest absolute Gasteiger partial charge is 0.271 e. The van der Waals surface area contributed by atoms with Gasteiger partial charge in [0.15, 0.2) is 0 Å². The molecule has 6 heteroatoms. The summed E-state index contributed by atoms with van der Waals surface area (Å²) in [6.07, 6.45) is 5.37. The maximum absolute atomic E-state index is 11.9. The van der Waals surface area contributed by atoms with Crippen LogP contribution < -0.4 is 10.1 Å². The van der Waals surface area contributed by atoms with Crippen molar-refractivity contribution in [1.82, 2.24) is 15.3 Å². The Labute approximate surface area is 124 Å². The summed E-state index contributed by atoms with van der Waals surface area (Å²) in [6, 6.07) is 4.01. The summed E-state index contributed by atoms with van der Waals surface area (Å²) in [7, 11) is 0. The summed E-state index contributed by atoms with van der Waals surface area (Å²) >= 11 is 3.48. The molecular weight excluding hydrogens is 322 g/mol. The molecule has 20 heavy (non-hydrogen) atoms. The lowest BCUT2D eigenvalue weighted by Gasteiger charge is -2.10. The summed E-state index contributed by atoms with van der Waals surface area (Å²) in [5, 5.41) is 2.83. The van der Waals surface area contributed by atoms with Crippen LogP contribution in [0.4, 0.5) is 0 Å². The second kappa shape index (κ2) is 5.58. The number of benzene rings is 1. The van der Waals surface area contributed by atoms with Gasteiger partial charge in [-0.25, -0.2) is 4.98 Å². The van der Waals surface area contributed by atoms with Crippen LogP contribution >= 0.6 is 15.9 Å². The fourth-order valence-electron chi connectivity index (χ4n) is 2.16. The summed E-state index contributed by atoms with van der Waals surface area (Å²) in [5.41, 5.74) is 2.44. The van der Waals surface area contributed by atoms with Gasteiger partial charge in [-0.2, -0.15) is 0 Å². The monoisotopic (exact) mass is 333 g/mol. The molecule has 0 bridgehead atoms. The zero-order valence-corrected chi connectivity index (χ0v) is 12.2. The van der Waals surface area contributed by atoms with Gasteiger partial charge in [0.2, 0.25) is 0 Å². The minimum Gasteiger partial charge on any atom is -0.493 e. The van der Waals surface area contributed by atoms with E-state index in [0.717, 1.165) is 22.2 Å². The normalized spacial score (nSPS) is 12.7. The molecule has 0 saturated carbocycles. The number of nitrogens with zero attached hydrogens (tertiary/aromatic N) is 2. The van der Waals surface area contributed by atoms with Crippen LogP contribution in [0.3, 0.4) is 0 Å². The van der Waals surface area contributed by atoms with Crippen molar-refractivity contribution in [3.05, 3.63) is 52.0 Å². The maximum Gasteiger partial charge on any atom is 0.271 e. The Hall–Kier alpha value is -1.95. The first kappa shape index (κ1) is 13.1. The van der Waals surface area contributed by atoms with Gasteiger partial charge < -0.3 is 10.1 Å². The first-order valence-corrected chi connectivity index (χ1v) is 7.01. The molecule has 1 amide bonds. The van der Waals surface area contributed by atoms with Crippen LogP contribution in [-0.4, -0.2) is 22.5 Å². The average molecular weight is 334 g/mol. The molecule has 1 aromatic carbocycles. The molecule has 0 unspecified atom stereocenters. The predicted molar refractivity (Wildman–Crippen MR) is 76.5 cm³/mol. The molecule has 0 radical (unpaired) electrons. The van der Waals surface area contributed by atoms with Crippen molar-refractivity contribution in [3.8, 4) is 5.75 Å². The highest BCUT2D eigenvalue weighted by molar-refractivity contribution is 9.10. The summed E-state index contributed by atoms with van der Waals surface area (Å²) in [4.78, 5) is 19.8. The van der Waals surface area contributed by atoms with Crippen LogP contribution in [0, 0.1) is 0 Å². The van der Waals surface area contributed by atoms with Gasteiger partial charge in [-0.15, -0.1) is 0 Å². The Morgan fingerprint density at radius 3 is 3.10 bits per heavy atom. The van der Waals surface area contributed by atoms with E-state index in [1.165, 1.54) is 24.2 Å². The van der Waals surface area contributed by atoms with Crippen molar-refractivity contribution in [2.45, 2.75) is 13.0 Å². The van der Waals surface area contributed by atoms with Gasteiger partial charge in [0, 0.05) is 35.4 Å². The predicted octanol–water partition coefficient (Wildman–Crippen LogP) is 2.10. The summed E-state index contributed by atoms with van der Waals surface area (Å²) in [6.45, 7) is 1.09. The highest BCUT2D eigenvalue weighted by Crippen LogP contribution is 2.32. The molecule has 5 nitrogen and oxygen atoms in total. The molecule has 0 aliphatic carbocycles. The van der Waals surface area contributed by atoms with E-state index in [1.807, 2.05) is 6.07 Å². The van der Waals surface area contributed by atoms with Gasteiger partial charge in [-0.1, -0.05) is 15.9 Å². The van der Waals surface area contributed by atoms with Crippen molar-refractivity contribution in [3.63, 3.8) is 0 Å². The number of halogens is 1. The molecule has 0 atom stereocenters. The first-order chi connectivity index (χ1) is 9.74. The van der Waals surface area contributed by atoms with Gasteiger partial charge in [-0.05, 0) is 17.7 Å². The minimum atomic E-state index is -0.246. The number of amides is 1. The number of hydrogen-bond acceptors (Lipinski definition) is 4. The van der Waals surface area contributed by atoms with E-state index in [1.54, 1.807) is 0 Å².